The number of nitrogens with one attached hydrogen (secondary N) is 1. The van der Waals surface area contributed by atoms with E-state index >= 15 is 0 Å². The zero-order valence-electron chi connectivity index (χ0n) is 11.1. The lowest BCUT2D eigenvalue weighted by molar-refractivity contribution is 0.625. The highest BCUT2D eigenvalue weighted by atomic mass is 35.5. The molecule has 0 saturated heterocycles. The van der Waals surface area contributed by atoms with E-state index in [9.17, 15) is 4.39 Å². The van der Waals surface area contributed by atoms with Crippen molar-refractivity contribution < 1.29 is 4.39 Å². The lowest BCUT2D eigenvalue weighted by Crippen LogP contribution is -1.97. The van der Waals surface area contributed by atoms with Crippen molar-refractivity contribution in [2.45, 2.75) is 0 Å². The molecule has 5 nitrogen and oxygen atoms in total. The number of benzene rings is 1. The lowest BCUT2D eigenvalue weighted by Gasteiger charge is -2.01. The van der Waals surface area contributed by atoms with Crippen LogP contribution in [0.25, 0.3) is 11.4 Å². The van der Waals surface area contributed by atoms with Gasteiger partial charge in [0.1, 0.15) is 5.82 Å². The molecule has 8 heteroatoms. The molecule has 2 aromatic heterocycles. The van der Waals surface area contributed by atoms with Crippen molar-refractivity contribution in [3.05, 3.63) is 63.9 Å². The number of aromatic amines is 1. The van der Waals surface area contributed by atoms with Gasteiger partial charge in [0.25, 0.3) is 0 Å². The van der Waals surface area contributed by atoms with Crippen LogP contribution in [0.2, 0.25) is 5.02 Å². The highest BCUT2D eigenvalue weighted by molar-refractivity contribution is 7.71. The lowest BCUT2D eigenvalue weighted by atomic mass is 10.2. The Kier molecular flexibility index (Phi) is 4.08. The molecule has 0 unspecified atom stereocenters. The quantitative estimate of drug-likeness (QED) is 0.587. The van der Waals surface area contributed by atoms with E-state index in [0.29, 0.717) is 5.82 Å². The Hall–Kier alpha value is -2.38. The Morgan fingerprint density at radius 3 is 2.91 bits per heavy atom. The first-order valence-electron chi connectivity index (χ1n) is 6.23. The summed E-state index contributed by atoms with van der Waals surface area (Å²) in [6, 6.07) is 8.01. The number of pyridine rings is 1. The van der Waals surface area contributed by atoms with Crippen molar-refractivity contribution in [1.29, 1.82) is 0 Å². The summed E-state index contributed by atoms with van der Waals surface area (Å²) >= 11 is 11.1. The predicted octanol–water partition coefficient (Wildman–Crippen LogP) is 3.68. The fraction of sp³-hybridized carbons (Fsp3) is 0. The van der Waals surface area contributed by atoms with E-state index in [1.807, 2.05) is 6.07 Å². The Morgan fingerprint density at radius 1 is 1.32 bits per heavy atom. The highest BCUT2D eigenvalue weighted by Gasteiger charge is 2.09. The monoisotopic (exact) mass is 333 g/mol. The fourth-order valence-electron chi connectivity index (χ4n) is 1.83. The van der Waals surface area contributed by atoms with E-state index in [1.165, 1.54) is 23.0 Å². The second-order valence-corrected chi connectivity index (χ2v) is 5.08. The van der Waals surface area contributed by atoms with Gasteiger partial charge in [-0.1, -0.05) is 17.7 Å². The highest BCUT2D eigenvalue weighted by Crippen LogP contribution is 2.18. The second kappa shape index (κ2) is 6.17. The van der Waals surface area contributed by atoms with E-state index in [0.717, 1.165) is 5.56 Å². The van der Waals surface area contributed by atoms with E-state index in [1.54, 1.807) is 24.5 Å². The normalized spacial score (nSPS) is 11.2. The number of hydrogen-bond acceptors (Lipinski definition) is 4. The number of nitrogens with zero attached hydrogens (tertiary/aromatic N) is 4. The van der Waals surface area contributed by atoms with Crippen molar-refractivity contribution in [3.8, 4) is 11.4 Å². The molecule has 110 valence electrons. The molecule has 3 rings (SSSR count). The molecule has 0 amide bonds. The standard InChI is InChI=1S/C14H9ClFN5S/c15-11-4-1-5-12(16)10(11)8-18-21-13(19-20-14(21)22)9-3-2-6-17-7-9/h1-8H,(H,20,22)/b18-8-. The van der Waals surface area contributed by atoms with E-state index in [2.05, 4.69) is 20.3 Å². The Balaban J connectivity index is 2.05. The molecule has 0 atom stereocenters. The first kappa shape index (κ1) is 14.6. The molecule has 1 N–H and O–H groups in total. The minimum Gasteiger partial charge on any atom is -0.264 e. The van der Waals surface area contributed by atoms with Crippen LogP contribution in [0.5, 0.6) is 0 Å². The SMILES string of the molecule is Fc1cccc(Cl)c1/C=N\n1c(-c2cccnc2)n[nH]c1=S. The molecule has 0 radical (unpaired) electrons. The molecule has 0 aliphatic rings. The maximum absolute atomic E-state index is 13.8. The third-order valence-corrected chi connectivity index (χ3v) is 3.47. The first-order valence-corrected chi connectivity index (χ1v) is 7.01. The summed E-state index contributed by atoms with van der Waals surface area (Å²) in [4.78, 5) is 4.02. The number of halogens is 2. The van der Waals surface area contributed by atoms with Gasteiger partial charge in [0.05, 0.1) is 11.2 Å². The average Bonchev–Trinajstić information content (AvgIpc) is 2.89. The molecule has 0 saturated carbocycles. The molecule has 1 aromatic carbocycles. The predicted molar refractivity (Wildman–Crippen MR) is 85.0 cm³/mol. The summed E-state index contributed by atoms with van der Waals surface area (Å²) in [5.74, 6) is 0.0102. The zero-order chi connectivity index (χ0) is 15.5. The summed E-state index contributed by atoms with van der Waals surface area (Å²) in [5, 5.41) is 11.2. The number of aromatic nitrogens is 4. The Labute approximate surface area is 135 Å². The average molecular weight is 334 g/mol. The van der Waals surface area contributed by atoms with E-state index < -0.39 is 5.82 Å². The van der Waals surface area contributed by atoms with Gasteiger partial charge in [0.2, 0.25) is 4.77 Å². The van der Waals surface area contributed by atoms with Crippen LogP contribution in [0.15, 0.2) is 47.8 Å². The topological polar surface area (TPSA) is 58.9 Å². The van der Waals surface area contributed by atoms with Crippen LogP contribution in [0, 0.1) is 10.6 Å². The fourth-order valence-corrected chi connectivity index (χ4v) is 2.22. The first-order chi connectivity index (χ1) is 10.7. The van der Waals surface area contributed by atoms with Crippen LogP contribution in [0.1, 0.15) is 5.56 Å². The molecule has 2 heterocycles. The summed E-state index contributed by atoms with van der Waals surface area (Å²) in [7, 11) is 0. The summed E-state index contributed by atoms with van der Waals surface area (Å²) < 4.78 is 15.4. The minimum atomic E-state index is -0.464. The van der Waals surface area contributed by atoms with Crippen LogP contribution in [-0.2, 0) is 0 Å². The molecule has 0 spiro atoms. The van der Waals surface area contributed by atoms with Gasteiger partial charge < -0.3 is 0 Å². The van der Waals surface area contributed by atoms with Gasteiger partial charge in [-0.3, -0.25) is 4.98 Å². The van der Waals surface area contributed by atoms with Gasteiger partial charge >= 0.3 is 0 Å². The van der Waals surface area contributed by atoms with Gasteiger partial charge in [-0.15, -0.1) is 0 Å². The molecule has 22 heavy (non-hydrogen) atoms. The maximum Gasteiger partial charge on any atom is 0.216 e. The van der Waals surface area contributed by atoms with Gasteiger partial charge in [-0.2, -0.15) is 14.9 Å². The molecule has 0 aliphatic carbocycles. The third-order valence-electron chi connectivity index (χ3n) is 2.87. The zero-order valence-corrected chi connectivity index (χ0v) is 12.6. The van der Waals surface area contributed by atoms with Crippen molar-refractivity contribution in [3.63, 3.8) is 0 Å². The van der Waals surface area contributed by atoms with Gasteiger partial charge in [0, 0.05) is 23.5 Å². The van der Waals surface area contributed by atoms with Crippen molar-refractivity contribution in [1.82, 2.24) is 19.9 Å². The summed E-state index contributed by atoms with van der Waals surface area (Å²) in [6.45, 7) is 0. The molecule has 0 bridgehead atoms. The molecule has 0 fully saturated rings. The van der Waals surface area contributed by atoms with Gasteiger partial charge in [-0.05, 0) is 36.5 Å². The van der Waals surface area contributed by atoms with Crippen LogP contribution in [0.3, 0.4) is 0 Å². The smallest absolute Gasteiger partial charge is 0.216 e. The second-order valence-electron chi connectivity index (χ2n) is 4.29. The molecular formula is C14H9ClFN5S. The van der Waals surface area contributed by atoms with Crippen molar-refractivity contribution in [2.24, 2.45) is 5.10 Å². The summed E-state index contributed by atoms with van der Waals surface area (Å²) in [6.07, 6.45) is 4.59. The van der Waals surface area contributed by atoms with Crippen molar-refractivity contribution >= 4 is 30.0 Å². The van der Waals surface area contributed by atoms with E-state index in [-0.39, 0.29) is 15.4 Å². The van der Waals surface area contributed by atoms with Crippen molar-refractivity contribution in [2.75, 3.05) is 0 Å². The number of H-pyrrole nitrogens is 1. The van der Waals surface area contributed by atoms with Crippen LogP contribution in [-0.4, -0.2) is 26.1 Å². The number of rotatable bonds is 3. The van der Waals surface area contributed by atoms with E-state index in [4.69, 9.17) is 23.8 Å². The molecule has 3 aromatic rings. The van der Waals surface area contributed by atoms with Crippen LogP contribution < -0.4 is 0 Å². The Bertz CT molecular complexity index is 867. The van der Waals surface area contributed by atoms with Crippen LogP contribution in [0.4, 0.5) is 4.39 Å². The molecule has 0 aliphatic heterocycles. The Morgan fingerprint density at radius 2 is 2.18 bits per heavy atom. The van der Waals surface area contributed by atoms with Crippen LogP contribution >= 0.6 is 23.8 Å². The number of hydrogen-bond donors (Lipinski definition) is 1. The van der Waals surface area contributed by atoms with Gasteiger partial charge in [-0.25, -0.2) is 9.49 Å². The maximum atomic E-state index is 13.8. The molecular weight excluding hydrogens is 325 g/mol. The minimum absolute atomic E-state index is 0.185. The van der Waals surface area contributed by atoms with Gasteiger partial charge in [0.15, 0.2) is 5.82 Å². The largest absolute Gasteiger partial charge is 0.264 e. The third kappa shape index (κ3) is 2.81. The summed E-state index contributed by atoms with van der Waals surface area (Å²) in [5.41, 5.74) is 0.913.